The monoisotopic (exact) mass is 482 g/mol. The number of aromatic nitrogens is 1. The molecule has 0 aliphatic carbocycles. The molecular weight excluding hydrogens is 460 g/mol. The third-order valence-corrected chi connectivity index (χ3v) is 6.92. The molecule has 0 spiro atoms. The Kier molecular flexibility index (Phi) is 6.62. The van der Waals surface area contributed by atoms with Gasteiger partial charge in [0.2, 0.25) is 0 Å². The fraction of sp³-hybridized carbons (Fsp3) is 0.208. The van der Waals surface area contributed by atoms with Gasteiger partial charge in [0.1, 0.15) is 6.61 Å². The van der Waals surface area contributed by atoms with Crippen LogP contribution in [0.4, 0.5) is 0 Å². The largest absolute Gasteiger partial charge is 0.493 e. The first-order valence-corrected chi connectivity index (χ1v) is 11.7. The summed E-state index contributed by atoms with van der Waals surface area (Å²) in [5, 5.41) is 1.95. The average Bonchev–Trinajstić information content (AvgIpc) is 3.44. The van der Waals surface area contributed by atoms with Gasteiger partial charge < -0.3 is 14.2 Å². The Bertz CT molecular complexity index is 1410. The molecule has 0 bridgehead atoms. The number of rotatable bonds is 7. The summed E-state index contributed by atoms with van der Waals surface area (Å²) in [4.78, 5) is 32.6. The Balaban J connectivity index is 1.96. The fourth-order valence-corrected chi connectivity index (χ4v) is 5.41. The first kappa shape index (κ1) is 22.8. The molecule has 7 nitrogen and oxygen atoms in total. The zero-order chi connectivity index (χ0) is 23.5. The minimum absolute atomic E-state index is 0.0526. The SMILES string of the molecule is C=CCOC(=O)C1=C(C)N=c2s/c(=C\c3cccs3)c(=O)n2[C@H]1c1ccc(OC)c(OC)c1. The number of fused-ring (bicyclic) bond motifs is 1. The number of esters is 1. The van der Waals surface area contributed by atoms with E-state index in [1.807, 2.05) is 29.7 Å². The standard InChI is InChI=1S/C24H22N2O5S2/c1-5-10-31-23(28)20-14(2)25-24-26(22(27)19(33-24)13-16-7-6-11-32-16)21(20)15-8-9-17(29-3)18(12-15)30-4/h5-9,11-13,21H,1,10H2,2-4H3/b19-13-/t21-/m0/s1. The number of methoxy groups -OCH3 is 2. The molecule has 0 amide bonds. The van der Waals surface area contributed by atoms with Crippen molar-refractivity contribution < 1.29 is 19.0 Å². The third kappa shape index (κ3) is 4.29. The van der Waals surface area contributed by atoms with Gasteiger partial charge in [-0.25, -0.2) is 9.79 Å². The summed E-state index contributed by atoms with van der Waals surface area (Å²) in [5.74, 6) is 0.482. The number of benzene rings is 1. The van der Waals surface area contributed by atoms with E-state index in [0.717, 1.165) is 4.88 Å². The molecule has 1 atom stereocenters. The maximum atomic E-state index is 13.5. The molecule has 0 N–H and O–H groups in total. The highest BCUT2D eigenvalue weighted by Crippen LogP contribution is 2.36. The lowest BCUT2D eigenvalue weighted by Gasteiger charge is -2.25. The van der Waals surface area contributed by atoms with Crippen molar-refractivity contribution in [3.63, 3.8) is 0 Å². The van der Waals surface area contributed by atoms with Gasteiger partial charge in [-0.2, -0.15) is 0 Å². The van der Waals surface area contributed by atoms with Crippen molar-refractivity contribution in [1.29, 1.82) is 0 Å². The van der Waals surface area contributed by atoms with Crippen molar-refractivity contribution in [2.24, 2.45) is 4.99 Å². The average molecular weight is 483 g/mol. The van der Waals surface area contributed by atoms with E-state index >= 15 is 0 Å². The quantitative estimate of drug-likeness (QED) is 0.382. The van der Waals surface area contributed by atoms with Crippen LogP contribution >= 0.6 is 22.7 Å². The van der Waals surface area contributed by atoms with Crippen molar-refractivity contribution in [1.82, 2.24) is 4.57 Å². The van der Waals surface area contributed by atoms with Crippen LogP contribution in [-0.4, -0.2) is 31.4 Å². The smallest absolute Gasteiger partial charge is 0.338 e. The summed E-state index contributed by atoms with van der Waals surface area (Å²) in [6.07, 6.45) is 3.34. The van der Waals surface area contributed by atoms with Gasteiger partial charge in [0.15, 0.2) is 16.3 Å². The van der Waals surface area contributed by atoms with Gasteiger partial charge in [-0.3, -0.25) is 9.36 Å². The van der Waals surface area contributed by atoms with Gasteiger partial charge in [-0.1, -0.05) is 36.1 Å². The highest BCUT2D eigenvalue weighted by molar-refractivity contribution is 7.11. The van der Waals surface area contributed by atoms with Gasteiger partial charge in [0, 0.05) is 4.88 Å². The lowest BCUT2D eigenvalue weighted by atomic mass is 9.95. The molecule has 0 saturated heterocycles. The number of thiophene rings is 1. The van der Waals surface area contributed by atoms with Crippen LogP contribution in [0.1, 0.15) is 23.4 Å². The van der Waals surface area contributed by atoms with E-state index in [9.17, 15) is 9.59 Å². The molecule has 2 aromatic heterocycles. The lowest BCUT2D eigenvalue weighted by molar-refractivity contribution is -0.138. The van der Waals surface area contributed by atoms with Crippen molar-refractivity contribution in [2.45, 2.75) is 13.0 Å². The first-order chi connectivity index (χ1) is 16.0. The molecule has 4 rings (SSSR count). The zero-order valence-corrected chi connectivity index (χ0v) is 20.0. The topological polar surface area (TPSA) is 79.1 Å². The molecule has 3 aromatic rings. The number of thiazole rings is 1. The van der Waals surface area contributed by atoms with Crippen molar-refractivity contribution >= 4 is 34.7 Å². The molecule has 1 aliphatic heterocycles. The number of nitrogens with zero attached hydrogens (tertiary/aromatic N) is 2. The van der Waals surface area contributed by atoms with E-state index in [1.165, 1.54) is 24.5 Å². The molecule has 1 aliphatic rings. The molecule has 0 radical (unpaired) electrons. The van der Waals surface area contributed by atoms with Crippen LogP contribution in [0.2, 0.25) is 0 Å². The lowest BCUT2D eigenvalue weighted by Crippen LogP contribution is -2.39. The number of hydrogen-bond donors (Lipinski definition) is 0. The number of carbonyl (C=O) groups excluding carboxylic acids is 1. The van der Waals surface area contributed by atoms with Crippen molar-refractivity contribution in [2.75, 3.05) is 20.8 Å². The summed E-state index contributed by atoms with van der Waals surface area (Å²) in [7, 11) is 3.09. The van der Waals surface area contributed by atoms with Crippen LogP contribution in [0.5, 0.6) is 11.5 Å². The fourth-order valence-electron chi connectivity index (χ4n) is 3.64. The minimum Gasteiger partial charge on any atom is -0.493 e. The Morgan fingerprint density at radius 1 is 1.24 bits per heavy atom. The Hall–Kier alpha value is -3.43. The molecule has 0 unspecified atom stereocenters. The minimum atomic E-state index is -0.733. The highest BCUT2D eigenvalue weighted by Gasteiger charge is 2.34. The predicted octanol–water partition coefficient (Wildman–Crippen LogP) is 3.04. The molecule has 33 heavy (non-hydrogen) atoms. The zero-order valence-electron chi connectivity index (χ0n) is 18.4. The van der Waals surface area contributed by atoms with Crippen LogP contribution in [-0.2, 0) is 9.53 Å². The molecule has 170 valence electrons. The first-order valence-electron chi connectivity index (χ1n) is 10.0. The van der Waals surface area contributed by atoms with Crippen LogP contribution in [0.25, 0.3) is 6.08 Å². The van der Waals surface area contributed by atoms with E-state index in [-0.39, 0.29) is 12.2 Å². The molecular formula is C24H22N2O5S2. The Morgan fingerprint density at radius 3 is 2.70 bits per heavy atom. The van der Waals surface area contributed by atoms with Crippen LogP contribution in [0.15, 0.2) is 69.4 Å². The Morgan fingerprint density at radius 2 is 2.03 bits per heavy atom. The molecule has 0 saturated carbocycles. The number of carbonyl (C=O) groups is 1. The van der Waals surface area contributed by atoms with E-state index in [4.69, 9.17) is 14.2 Å². The molecule has 3 heterocycles. The van der Waals surface area contributed by atoms with Crippen LogP contribution in [0.3, 0.4) is 0 Å². The van der Waals surface area contributed by atoms with Gasteiger partial charge in [0.05, 0.1) is 36.1 Å². The summed E-state index contributed by atoms with van der Waals surface area (Å²) in [6, 6.07) is 8.46. The normalized spacial score (nSPS) is 15.6. The van der Waals surface area contributed by atoms with Crippen molar-refractivity contribution in [3.8, 4) is 11.5 Å². The number of ether oxygens (including phenoxy) is 3. The van der Waals surface area contributed by atoms with E-state index in [1.54, 1.807) is 42.1 Å². The van der Waals surface area contributed by atoms with Crippen molar-refractivity contribution in [3.05, 3.63) is 89.8 Å². The van der Waals surface area contributed by atoms with E-state index in [0.29, 0.717) is 37.7 Å². The number of allylic oxidation sites excluding steroid dienone is 1. The van der Waals surface area contributed by atoms with E-state index in [2.05, 4.69) is 11.6 Å². The van der Waals surface area contributed by atoms with Crippen LogP contribution in [0, 0.1) is 0 Å². The maximum absolute atomic E-state index is 13.5. The molecule has 0 fully saturated rings. The summed E-state index contributed by atoms with van der Waals surface area (Å²) in [6.45, 7) is 5.40. The highest BCUT2D eigenvalue weighted by atomic mass is 32.1. The summed E-state index contributed by atoms with van der Waals surface area (Å²) < 4.78 is 18.3. The second-order valence-corrected chi connectivity index (χ2v) is 9.09. The van der Waals surface area contributed by atoms with Gasteiger partial charge >= 0.3 is 5.97 Å². The van der Waals surface area contributed by atoms with E-state index < -0.39 is 12.0 Å². The second kappa shape index (κ2) is 9.60. The summed E-state index contributed by atoms with van der Waals surface area (Å²) in [5.41, 5.74) is 1.23. The third-order valence-electron chi connectivity index (χ3n) is 5.11. The molecule has 9 heteroatoms. The van der Waals surface area contributed by atoms with Gasteiger partial charge in [0.25, 0.3) is 5.56 Å². The molecule has 1 aromatic carbocycles. The van der Waals surface area contributed by atoms with Gasteiger partial charge in [-0.15, -0.1) is 11.3 Å². The predicted molar refractivity (Wildman–Crippen MR) is 129 cm³/mol. The number of hydrogen-bond acceptors (Lipinski definition) is 8. The Labute approximate surface area is 198 Å². The second-order valence-electron chi connectivity index (χ2n) is 7.10. The van der Waals surface area contributed by atoms with Crippen LogP contribution < -0.4 is 24.4 Å². The maximum Gasteiger partial charge on any atom is 0.338 e. The van der Waals surface area contributed by atoms with Gasteiger partial charge in [-0.05, 0) is 42.1 Å². The summed E-state index contributed by atoms with van der Waals surface area (Å²) >= 11 is 2.83.